The Kier molecular flexibility index (Phi) is 9.35. The Balaban J connectivity index is 1.40. The number of aryl methyl sites for hydroxylation is 5. The van der Waals surface area contributed by atoms with Gasteiger partial charge in [0.05, 0.1) is 5.69 Å². The fourth-order valence-corrected chi connectivity index (χ4v) is 12.3. The van der Waals surface area contributed by atoms with Crippen LogP contribution in [0.15, 0.2) is 109 Å². The highest BCUT2D eigenvalue weighted by atomic mass is 32.1. The number of thiophene rings is 1. The summed E-state index contributed by atoms with van der Waals surface area (Å²) in [6.45, 7) is 23.7. The van der Waals surface area contributed by atoms with Crippen LogP contribution in [0.1, 0.15) is 114 Å². The normalized spacial score (nSPS) is 16.4. The van der Waals surface area contributed by atoms with Crippen LogP contribution in [0.25, 0.3) is 49.1 Å². The Hall–Kier alpha value is -5.38. The lowest BCUT2D eigenvalue weighted by atomic mass is 9.62. The standard InChI is InChI=1S/C58H58BNS/c1-33-22-23-41(35(3)26-33)44-30-50-46(27-36(44)4)55-42(53-29-39-17-12-14-21-52(39)61-53)19-15-20-43(55)54-38(6)45(40-18-13-11-16-34(40)2)31-51(56(54)59)60(50)49-32-48-47(28-37(49)5)57(7,8)24-25-58(48,9)10/h11-14,16-18,20-23,26-32H,15,19,24-25,59H2,1-10H3. The minimum Gasteiger partial charge on any atom is -0.310 e. The van der Waals surface area contributed by atoms with Crippen LogP contribution in [0.5, 0.6) is 0 Å². The zero-order chi connectivity index (χ0) is 42.7. The van der Waals surface area contributed by atoms with Gasteiger partial charge in [0.1, 0.15) is 7.85 Å². The number of anilines is 3. The first-order valence-electron chi connectivity index (χ1n) is 22.4. The second kappa shape index (κ2) is 14.4. The van der Waals surface area contributed by atoms with Gasteiger partial charge >= 0.3 is 0 Å². The highest BCUT2D eigenvalue weighted by Crippen LogP contribution is 2.56. The van der Waals surface area contributed by atoms with Gasteiger partial charge in [-0.25, -0.2) is 0 Å². The summed E-state index contributed by atoms with van der Waals surface area (Å²) in [5, 5.41) is 1.33. The van der Waals surface area contributed by atoms with Gasteiger partial charge in [0.25, 0.3) is 0 Å². The third-order valence-electron chi connectivity index (χ3n) is 14.7. The van der Waals surface area contributed by atoms with Gasteiger partial charge in [0.15, 0.2) is 0 Å². The van der Waals surface area contributed by atoms with Crippen LogP contribution >= 0.6 is 11.3 Å². The highest BCUT2D eigenvalue weighted by molar-refractivity contribution is 7.20. The summed E-state index contributed by atoms with van der Waals surface area (Å²) in [5.41, 5.74) is 28.4. The van der Waals surface area contributed by atoms with Crippen molar-refractivity contribution in [2.75, 3.05) is 4.90 Å². The maximum absolute atomic E-state index is 2.70. The van der Waals surface area contributed by atoms with Gasteiger partial charge in [-0.3, -0.25) is 0 Å². The molecule has 0 N–H and O–H groups in total. The number of rotatable bonds is 4. The number of benzene rings is 6. The van der Waals surface area contributed by atoms with Gasteiger partial charge < -0.3 is 4.90 Å². The van der Waals surface area contributed by atoms with E-state index < -0.39 is 0 Å². The maximum Gasteiger partial charge on any atom is 0.142 e. The first-order chi connectivity index (χ1) is 29.1. The summed E-state index contributed by atoms with van der Waals surface area (Å²) in [6.07, 6.45) is 6.97. The van der Waals surface area contributed by atoms with Crippen LogP contribution in [0.3, 0.4) is 0 Å². The molecule has 304 valence electrons. The Bertz CT molecular complexity index is 3020. The monoisotopic (exact) mass is 811 g/mol. The first kappa shape index (κ1) is 39.7. The fourth-order valence-electron chi connectivity index (χ4n) is 11.2. The molecule has 0 saturated heterocycles. The van der Waals surface area contributed by atoms with E-state index in [1.807, 2.05) is 11.3 Å². The van der Waals surface area contributed by atoms with Gasteiger partial charge in [-0.2, -0.15) is 0 Å². The lowest BCUT2D eigenvalue weighted by Crippen LogP contribution is -2.34. The molecule has 0 saturated carbocycles. The van der Waals surface area contributed by atoms with E-state index in [9.17, 15) is 0 Å². The molecule has 3 aliphatic rings. The van der Waals surface area contributed by atoms with Gasteiger partial charge in [0, 0.05) is 26.5 Å². The lowest BCUT2D eigenvalue weighted by Gasteiger charge is -2.44. The number of hydrogen-bond acceptors (Lipinski definition) is 2. The SMILES string of the molecule is Bc1c2cc(-c3ccccc3C)c(C)c1C1=CCCC(c3cc4ccccc4s3)=C1c1cc(C)c(-c3ccc(C)cc3C)cc1N2c1cc2c(cc1C)C(C)(C)CCC2(C)C. The topological polar surface area (TPSA) is 3.24 Å². The van der Waals surface area contributed by atoms with Crippen molar-refractivity contribution in [3.05, 3.63) is 170 Å². The van der Waals surface area contributed by atoms with Crippen molar-refractivity contribution in [3.8, 4) is 22.3 Å². The Morgan fingerprint density at radius 2 is 1.25 bits per heavy atom. The molecule has 1 nitrogen and oxygen atoms in total. The van der Waals surface area contributed by atoms with Crippen molar-refractivity contribution >= 4 is 68.5 Å². The second-order valence-corrected chi connectivity index (χ2v) is 20.9. The lowest BCUT2D eigenvalue weighted by molar-refractivity contribution is 0.332. The molecule has 7 aromatic rings. The van der Waals surface area contributed by atoms with E-state index in [0.717, 1.165) is 12.8 Å². The molecule has 0 amide bonds. The summed E-state index contributed by atoms with van der Waals surface area (Å²) in [5.74, 6) is 0. The molecule has 1 aromatic heterocycles. The summed E-state index contributed by atoms with van der Waals surface area (Å²) in [4.78, 5) is 4.09. The van der Waals surface area contributed by atoms with E-state index in [-0.39, 0.29) is 10.8 Å². The van der Waals surface area contributed by atoms with Gasteiger partial charge in [0.2, 0.25) is 0 Å². The Labute approximate surface area is 369 Å². The first-order valence-corrected chi connectivity index (χ1v) is 23.3. The molecule has 0 spiro atoms. The summed E-state index contributed by atoms with van der Waals surface area (Å²) in [7, 11) is 2.41. The average Bonchev–Trinajstić information content (AvgIpc) is 3.66. The van der Waals surface area contributed by atoms with Gasteiger partial charge in [-0.1, -0.05) is 112 Å². The number of allylic oxidation sites excluding steroid dienone is 4. The molecule has 0 fully saturated rings. The second-order valence-electron chi connectivity index (χ2n) is 19.8. The molecule has 0 unspecified atom stereocenters. The van der Waals surface area contributed by atoms with E-state index >= 15 is 0 Å². The molecule has 2 heterocycles. The van der Waals surface area contributed by atoms with E-state index in [1.54, 1.807) is 0 Å². The number of hydrogen-bond donors (Lipinski definition) is 0. The third-order valence-corrected chi connectivity index (χ3v) is 15.9. The molecule has 0 atom stereocenters. The summed E-state index contributed by atoms with van der Waals surface area (Å²) in [6, 6.07) is 40.2. The molecule has 2 bridgehead atoms. The van der Waals surface area contributed by atoms with Crippen LogP contribution in [-0.2, 0) is 10.8 Å². The third kappa shape index (κ3) is 6.33. The van der Waals surface area contributed by atoms with Crippen molar-refractivity contribution in [1.29, 1.82) is 0 Å². The zero-order valence-electron chi connectivity index (χ0n) is 38.1. The van der Waals surface area contributed by atoms with Crippen molar-refractivity contribution in [2.24, 2.45) is 0 Å². The highest BCUT2D eigenvalue weighted by Gasteiger charge is 2.39. The van der Waals surface area contributed by atoms with Crippen molar-refractivity contribution in [1.82, 2.24) is 0 Å². The minimum atomic E-state index is 0.0618. The maximum atomic E-state index is 2.70. The minimum absolute atomic E-state index is 0.0618. The van der Waals surface area contributed by atoms with Crippen LogP contribution < -0.4 is 10.4 Å². The largest absolute Gasteiger partial charge is 0.310 e. The van der Waals surface area contributed by atoms with E-state index in [1.165, 1.54) is 145 Å². The molecule has 3 heteroatoms. The van der Waals surface area contributed by atoms with Crippen LogP contribution in [0.2, 0.25) is 0 Å². The molecule has 1 aliphatic heterocycles. The average molecular weight is 812 g/mol. The molecule has 2 aliphatic carbocycles. The molecule has 61 heavy (non-hydrogen) atoms. The quantitative estimate of drug-likeness (QED) is 0.160. The molecule has 10 rings (SSSR count). The summed E-state index contributed by atoms with van der Waals surface area (Å²) >= 11 is 1.95. The molecular formula is C58H58BNS. The van der Waals surface area contributed by atoms with Gasteiger partial charge in [-0.05, 0) is 203 Å². The molecule has 0 radical (unpaired) electrons. The van der Waals surface area contributed by atoms with E-state index in [0.29, 0.717) is 0 Å². The Morgan fingerprint density at radius 1 is 0.574 bits per heavy atom. The number of nitrogens with zero attached hydrogens (tertiary/aromatic N) is 1. The van der Waals surface area contributed by atoms with Crippen LogP contribution in [-0.4, -0.2) is 7.85 Å². The van der Waals surface area contributed by atoms with Crippen molar-refractivity contribution in [3.63, 3.8) is 0 Å². The van der Waals surface area contributed by atoms with Crippen molar-refractivity contribution < 1.29 is 0 Å². The fraction of sp³-hybridized carbons (Fsp3) is 0.276. The van der Waals surface area contributed by atoms with Crippen LogP contribution in [0, 0.1) is 41.5 Å². The summed E-state index contributed by atoms with van der Waals surface area (Å²) < 4.78 is 1.35. The van der Waals surface area contributed by atoms with Crippen molar-refractivity contribution in [2.45, 2.75) is 106 Å². The predicted molar refractivity (Wildman–Crippen MR) is 270 cm³/mol. The van der Waals surface area contributed by atoms with E-state index in [2.05, 4.69) is 191 Å². The van der Waals surface area contributed by atoms with E-state index in [4.69, 9.17) is 0 Å². The number of fused-ring (bicyclic) bond motifs is 8. The van der Waals surface area contributed by atoms with Crippen LogP contribution in [0.4, 0.5) is 17.1 Å². The Morgan fingerprint density at radius 3 is 1.98 bits per heavy atom. The molecule has 6 aromatic carbocycles. The van der Waals surface area contributed by atoms with Gasteiger partial charge in [-0.15, -0.1) is 11.3 Å². The zero-order valence-corrected chi connectivity index (χ0v) is 38.9. The smallest absolute Gasteiger partial charge is 0.142 e. The molecular weight excluding hydrogens is 754 g/mol. The predicted octanol–water partition coefficient (Wildman–Crippen LogP) is 15.3.